The number of nitrogens with zero attached hydrogens (tertiary/aromatic N) is 2. The highest BCUT2D eigenvalue weighted by atomic mass is 32.2. The molecule has 25 heavy (non-hydrogen) atoms. The van der Waals surface area contributed by atoms with Gasteiger partial charge in [-0.25, -0.2) is 4.99 Å². The molecule has 0 spiro atoms. The van der Waals surface area contributed by atoms with Gasteiger partial charge in [-0.2, -0.15) is 0 Å². The molecule has 2 aromatic rings. The number of benzene rings is 1. The topological polar surface area (TPSA) is 37.9 Å². The van der Waals surface area contributed by atoms with Gasteiger partial charge in [-0.3, -0.25) is 4.99 Å². The van der Waals surface area contributed by atoms with Crippen LogP contribution in [0.4, 0.5) is 5.69 Å². The summed E-state index contributed by atoms with van der Waals surface area (Å²) in [5, 5.41) is 0.522. The molecule has 1 saturated carbocycles. The van der Waals surface area contributed by atoms with Gasteiger partial charge in [-0.1, -0.05) is 30.0 Å². The van der Waals surface area contributed by atoms with Crippen molar-refractivity contribution in [1.29, 1.82) is 0 Å². The summed E-state index contributed by atoms with van der Waals surface area (Å²) in [5.74, 6) is 2.58. The van der Waals surface area contributed by atoms with Crippen LogP contribution in [0.5, 0.6) is 0 Å². The van der Waals surface area contributed by atoms with Crippen molar-refractivity contribution in [3.63, 3.8) is 0 Å². The summed E-state index contributed by atoms with van der Waals surface area (Å²) in [5.41, 5.74) is 2.18. The Morgan fingerprint density at radius 3 is 2.72 bits per heavy atom. The van der Waals surface area contributed by atoms with Crippen LogP contribution in [0.1, 0.15) is 30.8 Å². The number of hydrogen-bond donors (Lipinski definition) is 0. The molecule has 1 aromatic heterocycles. The van der Waals surface area contributed by atoms with Crippen LogP contribution in [-0.4, -0.2) is 27.6 Å². The number of furan rings is 1. The van der Waals surface area contributed by atoms with Crippen LogP contribution in [0, 0.1) is 12.8 Å². The normalized spacial score (nSPS) is 25.9. The van der Waals surface area contributed by atoms with E-state index in [-0.39, 0.29) is 0 Å². The predicted octanol–water partition coefficient (Wildman–Crippen LogP) is 5.71. The van der Waals surface area contributed by atoms with Gasteiger partial charge < -0.3 is 4.42 Å². The molecule has 3 nitrogen and oxygen atoms in total. The van der Waals surface area contributed by atoms with Crippen LogP contribution in [0.25, 0.3) is 0 Å². The minimum atomic E-state index is 0.401. The third-order valence-corrected chi connectivity index (χ3v) is 7.21. The van der Waals surface area contributed by atoms with Gasteiger partial charge in [-0.15, -0.1) is 11.8 Å². The summed E-state index contributed by atoms with van der Waals surface area (Å²) >= 11 is 3.63. The Labute approximate surface area is 157 Å². The van der Waals surface area contributed by atoms with Gasteiger partial charge in [0.1, 0.15) is 15.9 Å². The number of fused-ring (bicyclic) bond motifs is 1. The number of aryl methyl sites for hydroxylation is 1. The smallest absolute Gasteiger partial charge is 0.148 e. The molecule has 2 aliphatic rings. The fraction of sp³-hybridized carbons (Fsp3) is 0.400. The van der Waals surface area contributed by atoms with Crippen LogP contribution in [0.2, 0.25) is 0 Å². The van der Waals surface area contributed by atoms with Gasteiger partial charge in [0.05, 0.1) is 17.4 Å². The molecule has 1 aromatic carbocycles. The second-order valence-electron chi connectivity index (χ2n) is 6.59. The largest absolute Gasteiger partial charge is 0.460 e. The van der Waals surface area contributed by atoms with Gasteiger partial charge in [0.15, 0.2) is 0 Å². The van der Waals surface area contributed by atoms with E-state index in [1.165, 1.54) is 12.8 Å². The highest BCUT2D eigenvalue weighted by Crippen LogP contribution is 2.44. The van der Waals surface area contributed by atoms with E-state index in [0.717, 1.165) is 33.7 Å². The fourth-order valence-corrected chi connectivity index (χ4v) is 5.70. The average Bonchev–Trinajstić information content (AvgIpc) is 3.32. The van der Waals surface area contributed by atoms with Crippen LogP contribution in [-0.2, 0) is 0 Å². The Bertz CT molecular complexity index is 797. The Morgan fingerprint density at radius 1 is 1.16 bits per heavy atom. The van der Waals surface area contributed by atoms with Crippen LogP contribution < -0.4 is 0 Å². The minimum Gasteiger partial charge on any atom is -0.460 e. The zero-order valence-corrected chi connectivity index (χ0v) is 16.1. The summed E-state index contributed by atoms with van der Waals surface area (Å²) in [6.07, 6.45) is 5.64. The molecule has 0 amide bonds. The number of rotatable bonds is 3. The highest BCUT2D eigenvalue weighted by Gasteiger charge is 2.42. The molecule has 0 saturated heterocycles. The monoisotopic (exact) mass is 370 g/mol. The van der Waals surface area contributed by atoms with E-state index in [1.807, 2.05) is 43.0 Å². The maximum atomic E-state index is 5.78. The molecule has 0 radical (unpaired) electrons. The second kappa shape index (κ2) is 7.42. The standard InChI is InChI=1S/C20H22N2OS2/c1-13-8-10-17(23-13)16-12-14-9-11-18(19(14)22-16)25-20(24-2)21-15-6-4-3-5-7-15/h3-8,10,14,18-19H,9,11-12H2,1-2H3/t14-,18+,19+/m1/s1. The van der Waals surface area contributed by atoms with Crippen molar-refractivity contribution in [3.8, 4) is 0 Å². The Morgan fingerprint density at radius 2 is 2.00 bits per heavy atom. The van der Waals surface area contributed by atoms with Crippen molar-refractivity contribution in [2.45, 2.75) is 37.5 Å². The van der Waals surface area contributed by atoms with Crippen LogP contribution in [0.3, 0.4) is 0 Å². The molecule has 0 bridgehead atoms. The molecule has 130 valence electrons. The zero-order chi connectivity index (χ0) is 17.2. The molecule has 1 aliphatic heterocycles. The Balaban J connectivity index is 1.50. The third-order valence-electron chi connectivity index (χ3n) is 4.87. The molecule has 4 rings (SSSR count). The molecular weight excluding hydrogens is 348 g/mol. The van der Waals surface area contributed by atoms with Crippen molar-refractivity contribution in [3.05, 3.63) is 54.0 Å². The molecule has 0 unspecified atom stereocenters. The fourth-order valence-electron chi connectivity index (χ4n) is 3.66. The van der Waals surface area contributed by atoms with E-state index in [0.29, 0.717) is 17.2 Å². The van der Waals surface area contributed by atoms with Crippen molar-refractivity contribution in [1.82, 2.24) is 0 Å². The van der Waals surface area contributed by atoms with E-state index in [9.17, 15) is 0 Å². The molecule has 3 atom stereocenters. The van der Waals surface area contributed by atoms with E-state index in [1.54, 1.807) is 11.8 Å². The van der Waals surface area contributed by atoms with Crippen molar-refractivity contribution < 1.29 is 4.42 Å². The first kappa shape index (κ1) is 17.0. The summed E-state index contributed by atoms with van der Waals surface area (Å²) in [6, 6.07) is 14.7. The van der Waals surface area contributed by atoms with E-state index in [4.69, 9.17) is 14.4 Å². The number of aliphatic imine (C=N–C) groups is 2. The first-order chi connectivity index (χ1) is 12.2. The number of para-hydroxylation sites is 1. The van der Waals surface area contributed by atoms with Crippen molar-refractivity contribution >= 4 is 39.3 Å². The SMILES string of the molecule is CSC(=Nc1ccccc1)S[C@H]1CC[C@@H]2CC(c3ccc(C)o3)=N[C@@H]21. The maximum Gasteiger partial charge on any atom is 0.148 e. The summed E-state index contributed by atoms with van der Waals surface area (Å²) < 4.78 is 6.92. The minimum absolute atomic E-state index is 0.401. The molecular formula is C20H22N2OS2. The lowest BCUT2D eigenvalue weighted by Gasteiger charge is -2.16. The lowest BCUT2D eigenvalue weighted by atomic mass is 10.0. The van der Waals surface area contributed by atoms with Gasteiger partial charge in [-0.05, 0) is 62.6 Å². The van der Waals surface area contributed by atoms with E-state index < -0.39 is 0 Å². The third kappa shape index (κ3) is 3.72. The maximum absolute atomic E-state index is 5.78. The van der Waals surface area contributed by atoms with Crippen LogP contribution >= 0.6 is 23.5 Å². The molecule has 0 N–H and O–H groups in total. The number of hydrogen-bond acceptors (Lipinski definition) is 5. The van der Waals surface area contributed by atoms with E-state index in [2.05, 4.69) is 24.5 Å². The summed E-state index contributed by atoms with van der Waals surface area (Å²) in [7, 11) is 0. The van der Waals surface area contributed by atoms with E-state index >= 15 is 0 Å². The lowest BCUT2D eigenvalue weighted by molar-refractivity contribution is 0.519. The first-order valence-corrected chi connectivity index (χ1v) is 10.8. The van der Waals surface area contributed by atoms with Crippen molar-refractivity contribution in [2.75, 3.05) is 6.26 Å². The van der Waals surface area contributed by atoms with Gasteiger partial charge in [0.25, 0.3) is 0 Å². The second-order valence-corrected chi connectivity index (χ2v) is 8.87. The Kier molecular flexibility index (Phi) is 5.04. The lowest BCUT2D eigenvalue weighted by Crippen LogP contribution is -2.18. The molecule has 1 aliphatic carbocycles. The molecule has 2 heterocycles. The number of thioether (sulfide) groups is 2. The van der Waals surface area contributed by atoms with Crippen molar-refractivity contribution in [2.24, 2.45) is 15.9 Å². The zero-order valence-electron chi connectivity index (χ0n) is 14.5. The first-order valence-electron chi connectivity index (χ1n) is 8.71. The molecule has 1 fully saturated rings. The molecule has 5 heteroatoms. The highest BCUT2D eigenvalue weighted by molar-refractivity contribution is 8.38. The summed E-state index contributed by atoms with van der Waals surface area (Å²) in [4.78, 5) is 9.86. The Hall–Kier alpha value is -1.46. The van der Waals surface area contributed by atoms with Gasteiger partial charge in [0, 0.05) is 5.25 Å². The average molecular weight is 371 g/mol. The van der Waals surface area contributed by atoms with Crippen LogP contribution in [0.15, 0.2) is 56.9 Å². The predicted molar refractivity (Wildman–Crippen MR) is 110 cm³/mol. The van der Waals surface area contributed by atoms with Gasteiger partial charge >= 0.3 is 0 Å². The summed E-state index contributed by atoms with van der Waals surface area (Å²) in [6.45, 7) is 1.99. The van der Waals surface area contributed by atoms with Gasteiger partial charge in [0.2, 0.25) is 0 Å². The quantitative estimate of drug-likeness (QED) is 0.513.